The SMILES string of the molecule is NC1(C2(O)CCNCC2)CCSCC1. The van der Waals surface area contributed by atoms with Crippen LogP contribution in [0.2, 0.25) is 0 Å². The van der Waals surface area contributed by atoms with E-state index in [0.29, 0.717) is 0 Å². The Kier molecular flexibility index (Phi) is 3.07. The third kappa shape index (κ3) is 1.81. The molecule has 0 amide bonds. The Bertz CT molecular complexity index is 176. The van der Waals surface area contributed by atoms with Gasteiger partial charge in [-0.1, -0.05) is 0 Å². The minimum atomic E-state index is -0.612. The lowest BCUT2D eigenvalue weighted by Gasteiger charge is -2.49. The fraction of sp³-hybridized carbons (Fsp3) is 1.00. The Morgan fingerprint density at radius 1 is 1.07 bits per heavy atom. The molecule has 2 saturated heterocycles. The summed E-state index contributed by atoms with van der Waals surface area (Å²) in [7, 11) is 0. The van der Waals surface area contributed by atoms with Gasteiger partial charge in [0.05, 0.1) is 5.60 Å². The van der Waals surface area contributed by atoms with Gasteiger partial charge in [0.2, 0.25) is 0 Å². The highest BCUT2D eigenvalue weighted by Crippen LogP contribution is 2.38. The van der Waals surface area contributed by atoms with Gasteiger partial charge in [-0.3, -0.25) is 0 Å². The van der Waals surface area contributed by atoms with Crippen LogP contribution in [0.1, 0.15) is 25.7 Å². The minimum Gasteiger partial charge on any atom is -0.388 e. The number of aliphatic hydroxyl groups is 1. The van der Waals surface area contributed by atoms with Crippen molar-refractivity contribution in [3.63, 3.8) is 0 Å². The molecule has 0 radical (unpaired) electrons. The zero-order chi connectivity index (χ0) is 10.1. The molecule has 2 fully saturated rings. The first-order valence-corrected chi connectivity index (χ1v) is 6.62. The maximum Gasteiger partial charge on any atom is 0.0851 e. The van der Waals surface area contributed by atoms with Crippen molar-refractivity contribution < 1.29 is 5.11 Å². The zero-order valence-electron chi connectivity index (χ0n) is 8.59. The molecule has 4 heteroatoms. The molecule has 82 valence electrons. The maximum absolute atomic E-state index is 10.6. The lowest BCUT2D eigenvalue weighted by atomic mass is 9.71. The third-order valence-corrected chi connectivity index (χ3v) is 4.73. The smallest absolute Gasteiger partial charge is 0.0851 e. The van der Waals surface area contributed by atoms with Crippen LogP contribution in [-0.4, -0.2) is 40.8 Å². The molecule has 0 bridgehead atoms. The van der Waals surface area contributed by atoms with E-state index in [4.69, 9.17) is 5.73 Å². The van der Waals surface area contributed by atoms with Gasteiger partial charge in [0.15, 0.2) is 0 Å². The molecule has 0 atom stereocenters. The number of hydrogen-bond acceptors (Lipinski definition) is 4. The summed E-state index contributed by atoms with van der Waals surface area (Å²) >= 11 is 1.95. The van der Waals surface area contributed by atoms with E-state index in [2.05, 4.69) is 5.32 Å². The fourth-order valence-electron chi connectivity index (χ4n) is 2.54. The molecule has 14 heavy (non-hydrogen) atoms. The number of thioether (sulfide) groups is 1. The second-order valence-corrected chi connectivity index (χ2v) is 5.77. The second kappa shape index (κ2) is 4.00. The van der Waals surface area contributed by atoms with Crippen molar-refractivity contribution in [2.24, 2.45) is 5.73 Å². The highest BCUT2D eigenvalue weighted by atomic mass is 32.2. The van der Waals surface area contributed by atoms with Gasteiger partial charge in [0.1, 0.15) is 0 Å². The molecule has 0 aliphatic carbocycles. The molecule has 0 aromatic rings. The van der Waals surface area contributed by atoms with E-state index in [1.165, 1.54) is 0 Å². The van der Waals surface area contributed by atoms with Gasteiger partial charge in [0, 0.05) is 5.54 Å². The second-order valence-electron chi connectivity index (χ2n) is 4.55. The van der Waals surface area contributed by atoms with E-state index >= 15 is 0 Å². The van der Waals surface area contributed by atoms with Crippen molar-refractivity contribution in [2.45, 2.75) is 36.8 Å². The molecule has 2 aliphatic rings. The van der Waals surface area contributed by atoms with Crippen LogP contribution in [0.5, 0.6) is 0 Å². The number of nitrogens with two attached hydrogens (primary N) is 1. The van der Waals surface area contributed by atoms with E-state index in [1.54, 1.807) is 0 Å². The van der Waals surface area contributed by atoms with Gasteiger partial charge in [-0.2, -0.15) is 11.8 Å². The van der Waals surface area contributed by atoms with Crippen molar-refractivity contribution >= 4 is 11.8 Å². The molecule has 4 N–H and O–H groups in total. The van der Waals surface area contributed by atoms with E-state index < -0.39 is 5.60 Å². The summed E-state index contributed by atoms with van der Waals surface area (Å²) < 4.78 is 0. The molecule has 3 nitrogen and oxygen atoms in total. The average Bonchev–Trinajstić information content (AvgIpc) is 2.20. The Balaban J connectivity index is 2.09. The highest BCUT2D eigenvalue weighted by molar-refractivity contribution is 7.99. The van der Waals surface area contributed by atoms with Gasteiger partial charge in [-0.15, -0.1) is 0 Å². The van der Waals surface area contributed by atoms with Crippen LogP contribution in [0, 0.1) is 0 Å². The molecular formula is C10H20N2OS. The van der Waals surface area contributed by atoms with Crippen molar-refractivity contribution in [3.8, 4) is 0 Å². The van der Waals surface area contributed by atoms with E-state index in [0.717, 1.165) is 50.3 Å². The summed E-state index contributed by atoms with van der Waals surface area (Å²) in [5.41, 5.74) is 5.45. The van der Waals surface area contributed by atoms with Gasteiger partial charge in [-0.25, -0.2) is 0 Å². The first-order chi connectivity index (χ1) is 6.66. The molecular weight excluding hydrogens is 196 g/mol. The van der Waals surface area contributed by atoms with Crippen LogP contribution in [0.25, 0.3) is 0 Å². The number of piperidine rings is 1. The standard InChI is InChI=1S/C10H20N2OS/c11-9(3-7-14-8-4-9)10(13)1-5-12-6-2-10/h12-13H,1-8,11H2. The van der Waals surface area contributed by atoms with Crippen LogP contribution in [0.4, 0.5) is 0 Å². The van der Waals surface area contributed by atoms with E-state index in [-0.39, 0.29) is 5.54 Å². The van der Waals surface area contributed by atoms with Crippen LogP contribution < -0.4 is 11.1 Å². The molecule has 0 unspecified atom stereocenters. The van der Waals surface area contributed by atoms with Crippen molar-refractivity contribution in [3.05, 3.63) is 0 Å². The molecule has 0 aromatic carbocycles. The Labute approximate surface area is 89.8 Å². The first kappa shape index (κ1) is 10.7. The van der Waals surface area contributed by atoms with Crippen molar-refractivity contribution in [1.82, 2.24) is 5.32 Å². The molecule has 0 spiro atoms. The molecule has 2 heterocycles. The minimum absolute atomic E-state index is 0.319. The lowest BCUT2D eigenvalue weighted by Crippen LogP contribution is -2.65. The van der Waals surface area contributed by atoms with Gasteiger partial charge in [-0.05, 0) is 50.3 Å². The van der Waals surface area contributed by atoms with Gasteiger partial charge >= 0.3 is 0 Å². The Morgan fingerprint density at radius 2 is 1.64 bits per heavy atom. The summed E-state index contributed by atoms with van der Waals surface area (Å²) in [6.07, 6.45) is 3.56. The highest BCUT2D eigenvalue weighted by Gasteiger charge is 2.48. The quantitative estimate of drug-likeness (QED) is 0.591. The van der Waals surface area contributed by atoms with Crippen molar-refractivity contribution in [1.29, 1.82) is 0 Å². The third-order valence-electron chi connectivity index (χ3n) is 3.74. The first-order valence-electron chi connectivity index (χ1n) is 5.46. The van der Waals surface area contributed by atoms with Gasteiger partial charge in [0.25, 0.3) is 0 Å². The summed E-state index contributed by atoms with van der Waals surface area (Å²) in [5, 5.41) is 13.9. The summed E-state index contributed by atoms with van der Waals surface area (Å²) in [6.45, 7) is 1.81. The van der Waals surface area contributed by atoms with Crippen LogP contribution in [-0.2, 0) is 0 Å². The van der Waals surface area contributed by atoms with E-state index in [1.807, 2.05) is 11.8 Å². The number of nitrogens with one attached hydrogen (secondary N) is 1. The molecule has 0 saturated carbocycles. The maximum atomic E-state index is 10.6. The number of hydrogen-bond donors (Lipinski definition) is 3. The monoisotopic (exact) mass is 216 g/mol. The van der Waals surface area contributed by atoms with Crippen LogP contribution in [0.3, 0.4) is 0 Å². The number of rotatable bonds is 1. The summed E-state index contributed by atoms with van der Waals surface area (Å²) in [4.78, 5) is 0. The zero-order valence-corrected chi connectivity index (χ0v) is 9.41. The van der Waals surface area contributed by atoms with Crippen molar-refractivity contribution in [2.75, 3.05) is 24.6 Å². The molecule has 0 aromatic heterocycles. The summed E-state index contributed by atoms with van der Waals surface area (Å²) in [5.74, 6) is 2.21. The Hall–Kier alpha value is 0.230. The predicted octanol–water partition coefficient (Wildman–Crippen LogP) is 0.325. The Morgan fingerprint density at radius 3 is 2.21 bits per heavy atom. The normalized spacial score (nSPS) is 31.3. The predicted molar refractivity (Wildman–Crippen MR) is 60.5 cm³/mol. The summed E-state index contributed by atoms with van der Waals surface area (Å²) in [6, 6.07) is 0. The van der Waals surface area contributed by atoms with Crippen LogP contribution >= 0.6 is 11.8 Å². The average molecular weight is 216 g/mol. The largest absolute Gasteiger partial charge is 0.388 e. The molecule has 2 aliphatic heterocycles. The molecule has 2 rings (SSSR count). The van der Waals surface area contributed by atoms with Gasteiger partial charge < -0.3 is 16.2 Å². The van der Waals surface area contributed by atoms with E-state index in [9.17, 15) is 5.11 Å². The van der Waals surface area contributed by atoms with Crippen LogP contribution in [0.15, 0.2) is 0 Å². The lowest BCUT2D eigenvalue weighted by molar-refractivity contribution is -0.0628. The fourth-order valence-corrected chi connectivity index (χ4v) is 3.76. The topological polar surface area (TPSA) is 58.3 Å².